The Morgan fingerprint density at radius 1 is 1.16 bits per heavy atom. The number of esters is 1. The molecule has 0 fully saturated rings. The van der Waals surface area contributed by atoms with Gasteiger partial charge >= 0.3 is 5.97 Å². The van der Waals surface area contributed by atoms with E-state index in [0.29, 0.717) is 5.95 Å². The van der Waals surface area contributed by atoms with Crippen LogP contribution in [0.3, 0.4) is 0 Å². The molecule has 2 rings (SSSR count). The average Bonchev–Trinajstić information content (AvgIpc) is 2.57. The molecule has 1 heterocycles. The summed E-state index contributed by atoms with van der Waals surface area (Å²) in [5.74, 6) is -0.542. The molecule has 0 saturated carbocycles. The van der Waals surface area contributed by atoms with Gasteiger partial charge in [-0.2, -0.15) is 15.0 Å². The second-order valence-electron chi connectivity index (χ2n) is 5.13. The molecule has 0 unspecified atom stereocenters. The Hall–Kier alpha value is -3.43. The summed E-state index contributed by atoms with van der Waals surface area (Å²) in [7, 11) is 3.49. The number of rotatable bonds is 7. The molecule has 1 aromatic carbocycles. The summed E-state index contributed by atoms with van der Waals surface area (Å²) in [4.78, 5) is 36.7. The molecule has 4 N–H and O–H groups in total. The summed E-state index contributed by atoms with van der Waals surface area (Å²) in [5, 5.41) is 0. The SMILES string of the molecule is CN(C)c1nc(N)nc(COC(=O)c2ccccc2OCC(N)=O)n1. The number of primary amides is 1. The van der Waals surface area contributed by atoms with Crippen LogP contribution in [0.15, 0.2) is 24.3 Å². The van der Waals surface area contributed by atoms with Crippen LogP contribution in [0.4, 0.5) is 11.9 Å². The number of hydrogen-bond acceptors (Lipinski definition) is 9. The van der Waals surface area contributed by atoms with E-state index in [9.17, 15) is 9.59 Å². The van der Waals surface area contributed by atoms with Crippen LogP contribution in [-0.4, -0.2) is 47.5 Å². The number of carbonyl (C=O) groups is 2. The third-order valence-corrected chi connectivity index (χ3v) is 2.90. The third kappa shape index (κ3) is 5.03. The highest BCUT2D eigenvalue weighted by Gasteiger charge is 2.16. The van der Waals surface area contributed by atoms with Crippen LogP contribution in [-0.2, 0) is 16.1 Å². The lowest BCUT2D eigenvalue weighted by atomic mass is 10.2. The predicted octanol–water partition coefficient (Wildman–Crippen LogP) is -0.259. The van der Waals surface area contributed by atoms with Crippen molar-refractivity contribution in [2.45, 2.75) is 6.61 Å². The maximum absolute atomic E-state index is 12.3. The quantitative estimate of drug-likeness (QED) is 0.647. The molecule has 0 saturated heterocycles. The highest BCUT2D eigenvalue weighted by molar-refractivity contribution is 5.92. The molecule has 1 aromatic heterocycles. The first-order chi connectivity index (χ1) is 11.9. The molecule has 0 aliphatic carbocycles. The number of aromatic nitrogens is 3. The largest absolute Gasteiger partial charge is 0.483 e. The van der Waals surface area contributed by atoms with Gasteiger partial charge in [0.1, 0.15) is 11.3 Å². The lowest BCUT2D eigenvalue weighted by molar-refractivity contribution is -0.119. The first-order valence-electron chi connectivity index (χ1n) is 7.22. The van der Waals surface area contributed by atoms with Crippen LogP contribution < -0.4 is 21.1 Å². The van der Waals surface area contributed by atoms with E-state index in [-0.39, 0.29) is 36.3 Å². The molecule has 132 valence electrons. The molecule has 1 amide bonds. The number of nitrogen functional groups attached to an aromatic ring is 1. The zero-order valence-electron chi connectivity index (χ0n) is 13.8. The normalized spacial score (nSPS) is 10.2. The first kappa shape index (κ1) is 17.9. The van der Waals surface area contributed by atoms with Gasteiger partial charge in [0, 0.05) is 14.1 Å². The predicted molar refractivity (Wildman–Crippen MR) is 88.8 cm³/mol. The molecule has 0 aliphatic rings. The smallest absolute Gasteiger partial charge is 0.342 e. The topological polar surface area (TPSA) is 147 Å². The van der Waals surface area contributed by atoms with Crippen molar-refractivity contribution in [2.75, 3.05) is 31.3 Å². The summed E-state index contributed by atoms with van der Waals surface area (Å²) in [6.07, 6.45) is 0. The molecule has 10 nitrogen and oxygen atoms in total. The van der Waals surface area contributed by atoms with Crippen molar-refractivity contribution in [2.24, 2.45) is 5.73 Å². The van der Waals surface area contributed by atoms with Gasteiger partial charge in [0.2, 0.25) is 11.9 Å². The van der Waals surface area contributed by atoms with E-state index in [0.717, 1.165) is 0 Å². The van der Waals surface area contributed by atoms with Crippen LogP contribution >= 0.6 is 0 Å². The zero-order valence-corrected chi connectivity index (χ0v) is 13.8. The Bertz CT molecular complexity index is 780. The number of para-hydroxylation sites is 1. The zero-order chi connectivity index (χ0) is 18.4. The molecule has 25 heavy (non-hydrogen) atoms. The molecule has 0 atom stereocenters. The van der Waals surface area contributed by atoms with E-state index >= 15 is 0 Å². The Morgan fingerprint density at radius 2 is 1.88 bits per heavy atom. The van der Waals surface area contributed by atoms with E-state index in [1.165, 1.54) is 12.1 Å². The van der Waals surface area contributed by atoms with E-state index in [2.05, 4.69) is 15.0 Å². The lowest BCUT2D eigenvalue weighted by Crippen LogP contribution is -2.21. The summed E-state index contributed by atoms with van der Waals surface area (Å²) in [6.45, 7) is -0.545. The maximum Gasteiger partial charge on any atom is 0.342 e. The second kappa shape index (κ2) is 7.90. The van der Waals surface area contributed by atoms with E-state index in [1.54, 1.807) is 31.1 Å². The Balaban J connectivity index is 2.09. The summed E-state index contributed by atoms with van der Waals surface area (Å²) in [6, 6.07) is 6.33. The second-order valence-corrected chi connectivity index (χ2v) is 5.13. The van der Waals surface area contributed by atoms with Gasteiger partial charge in [0.15, 0.2) is 19.0 Å². The number of carbonyl (C=O) groups excluding carboxylic acids is 2. The highest BCUT2D eigenvalue weighted by atomic mass is 16.5. The minimum Gasteiger partial charge on any atom is -0.483 e. The lowest BCUT2D eigenvalue weighted by Gasteiger charge is -2.12. The highest BCUT2D eigenvalue weighted by Crippen LogP contribution is 2.19. The van der Waals surface area contributed by atoms with Gasteiger partial charge < -0.3 is 25.8 Å². The number of anilines is 2. The number of nitrogens with two attached hydrogens (primary N) is 2. The number of nitrogens with zero attached hydrogens (tertiary/aromatic N) is 4. The fraction of sp³-hybridized carbons (Fsp3) is 0.267. The number of ether oxygens (including phenoxy) is 2. The molecule has 0 radical (unpaired) electrons. The van der Waals surface area contributed by atoms with Crippen LogP contribution in [0.1, 0.15) is 16.2 Å². The van der Waals surface area contributed by atoms with Gasteiger partial charge in [-0.05, 0) is 12.1 Å². The van der Waals surface area contributed by atoms with Gasteiger partial charge in [-0.1, -0.05) is 12.1 Å². The van der Waals surface area contributed by atoms with Crippen LogP contribution in [0.25, 0.3) is 0 Å². The standard InChI is InChI=1S/C15H18N6O4/c1-21(2)15-19-12(18-14(17)20-15)8-25-13(23)9-5-3-4-6-10(9)24-7-11(16)22/h3-6H,7-8H2,1-2H3,(H2,16,22)(H2,17,18,19,20). The van der Waals surface area contributed by atoms with Crippen molar-refractivity contribution >= 4 is 23.8 Å². The summed E-state index contributed by atoms with van der Waals surface area (Å²) in [5.41, 5.74) is 10.8. The average molecular weight is 346 g/mol. The molecular formula is C15H18N6O4. The van der Waals surface area contributed by atoms with Gasteiger partial charge in [-0.3, -0.25) is 4.79 Å². The van der Waals surface area contributed by atoms with Crippen molar-refractivity contribution in [3.05, 3.63) is 35.7 Å². The molecular weight excluding hydrogens is 328 g/mol. The Kier molecular flexibility index (Phi) is 5.66. The third-order valence-electron chi connectivity index (χ3n) is 2.90. The maximum atomic E-state index is 12.3. The van der Waals surface area contributed by atoms with E-state index in [4.69, 9.17) is 20.9 Å². The number of amides is 1. The van der Waals surface area contributed by atoms with Gasteiger partial charge in [0.25, 0.3) is 5.91 Å². The number of benzene rings is 1. The number of hydrogen-bond donors (Lipinski definition) is 2. The van der Waals surface area contributed by atoms with Crippen molar-refractivity contribution in [3.8, 4) is 5.75 Å². The Labute approximate surface area is 143 Å². The molecule has 0 spiro atoms. The van der Waals surface area contributed by atoms with Crippen LogP contribution in [0.2, 0.25) is 0 Å². The van der Waals surface area contributed by atoms with Crippen LogP contribution in [0.5, 0.6) is 5.75 Å². The minimum atomic E-state index is -0.662. The van der Waals surface area contributed by atoms with Crippen molar-refractivity contribution in [3.63, 3.8) is 0 Å². The van der Waals surface area contributed by atoms with E-state index in [1.807, 2.05) is 0 Å². The molecule has 10 heteroatoms. The van der Waals surface area contributed by atoms with Crippen molar-refractivity contribution < 1.29 is 19.1 Å². The molecule has 0 aliphatic heterocycles. The monoisotopic (exact) mass is 346 g/mol. The Morgan fingerprint density at radius 3 is 2.56 bits per heavy atom. The van der Waals surface area contributed by atoms with Gasteiger partial charge in [-0.25, -0.2) is 4.79 Å². The van der Waals surface area contributed by atoms with Gasteiger partial charge in [-0.15, -0.1) is 0 Å². The summed E-state index contributed by atoms with van der Waals surface area (Å²) < 4.78 is 10.4. The van der Waals surface area contributed by atoms with Crippen molar-refractivity contribution in [1.29, 1.82) is 0 Å². The molecule has 0 bridgehead atoms. The first-order valence-corrected chi connectivity index (χ1v) is 7.22. The van der Waals surface area contributed by atoms with Crippen molar-refractivity contribution in [1.82, 2.24) is 15.0 Å². The fourth-order valence-corrected chi connectivity index (χ4v) is 1.81. The fourth-order valence-electron chi connectivity index (χ4n) is 1.81. The van der Waals surface area contributed by atoms with Gasteiger partial charge in [0.05, 0.1) is 0 Å². The summed E-state index contributed by atoms with van der Waals surface area (Å²) >= 11 is 0. The molecule has 2 aromatic rings. The minimum absolute atomic E-state index is 0.0231. The van der Waals surface area contributed by atoms with E-state index < -0.39 is 11.9 Å². The van der Waals surface area contributed by atoms with Crippen LogP contribution in [0, 0.1) is 0 Å².